The fourth-order valence-corrected chi connectivity index (χ4v) is 1.58. The Morgan fingerprint density at radius 2 is 2.09 bits per heavy atom. The SMILES string of the molecule is CNCNC1CCCC[C@@H]1O. The molecule has 0 aromatic rings. The van der Waals surface area contributed by atoms with E-state index in [1.807, 2.05) is 7.05 Å². The van der Waals surface area contributed by atoms with Crippen molar-refractivity contribution < 1.29 is 5.11 Å². The van der Waals surface area contributed by atoms with Gasteiger partial charge in [-0.15, -0.1) is 0 Å². The van der Waals surface area contributed by atoms with Gasteiger partial charge < -0.3 is 10.4 Å². The van der Waals surface area contributed by atoms with Crippen molar-refractivity contribution in [3.8, 4) is 0 Å². The summed E-state index contributed by atoms with van der Waals surface area (Å²) in [4.78, 5) is 0. The van der Waals surface area contributed by atoms with Crippen molar-refractivity contribution in [2.45, 2.75) is 37.8 Å². The predicted octanol–water partition coefficient (Wildman–Crippen LogP) is 0.0564. The van der Waals surface area contributed by atoms with E-state index in [9.17, 15) is 5.11 Å². The molecule has 0 heterocycles. The van der Waals surface area contributed by atoms with Crippen molar-refractivity contribution in [3.05, 3.63) is 0 Å². The van der Waals surface area contributed by atoms with Crippen LogP contribution in [0.2, 0.25) is 0 Å². The smallest absolute Gasteiger partial charge is 0.0693 e. The van der Waals surface area contributed by atoms with E-state index in [-0.39, 0.29) is 6.10 Å². The Morgan fingerprint density at radius 3 is 2.73 bits per heavy atom. The second-order valence-corrected chi connectivity index (χ2v) is 3.19. The van der Waals surface area contributed by atoms with Gasteiger partial charge in [0.25, 0.3) is 0 Å². The second-order valence-electron chi connectivity index (χ2n) is 3.19. The number of hydrogen-bond donors (Lipinski definition) is 3. The third kappa shape index (κ3) is 2.77. The Balaban J connectivity index is 2.18. The van der Waals surface area contributed by atoms with E-state index < -0.39 is 0 Å². The van der Waals surface area contributed by atoms with E-state index >= 15 is 0 Å². The molecular weight excluding hydrogens is 140 g/mol. The molecule has 3 nitrogen and oxygen atoms in total. The fraction of sp³-hybridized carbons (Fsp3) is 1.00. The largest absolute Gasteiger partial charge is 0.392 e. The highest BCUT2D eigenvalue weighted by molar-refractivity contribution is 4.79. The van der Waals surface area contributed by atoms with Gasteiger partial charge in [0.15, 0.2) is 0 Å². The molecule has 1 aliphatic rings. The highest BCUT2D eigenvalue weighted by Gasteiger charge is 2.21. The van der Waals surface area contributed by atoms with Crippen molar-refractivity contribution in [3.63, 3.8) is 0 Å². The molecule has 1 aliphatic carbocycles. The summed E-state index contributed by atoms with van der Waals surface area (Å²) >= 11 is 0. The number of aliphatic hydroxyl groups is 1. The van der Waals surface area contributed by atoms with Crippen molar-refractivity contribution in [2.75, 3.05) is 13.7 Å². The minimum atomic E-state index is -0.128. The van der Waals surface area contributed by atoms with Gasteiger partial charge in [-0.05, 0) is 19.9 Å². The lowest BCUT2D eigenvalue weighted by atomic mass is 9.93. The van der Waals surface area contributed by atoms with E-state index in [4.69, 9.17) is 0 Å². The highest BCUT2D eigenvalue weighted by atomic mass is 16.3. The molecule has 0 aliphatic heterocycles. The average Bonchev–Trinajstić information content (AvgIpc) is 2.03. The van der Waals surface area contributed by atoms with Gasteiger partial charge in [-0.2, -0.15) is 0 Å². The molecule has 3 heteroatoms. The van der Waals surface area contributed by atoms with Gasteiger partial charge in [-0.3, -0.25) is 5.32 Å². The summed E-state index contributed by atoms with van der Waals surface area (Å²) < 4.78 is 0. The first-order valence-electron chi connectivity index (χ1n) is 4.40. The lowest BCUT2D eigenvalue weighted by Gasteiger charge is -2.28. The summed E-state index contributed by atoms with van der Waals surface area (Å²) in [6.07, 6.45) is 4.37. The molecule has 66 valence electrons. The Morgan fingerprint density at radius 1 is 1.36 bits per heavy atom. The third-order valence-electron chi connectivity index (χ3n) is 2.27. The summed E-state index contributed by atoms with van der Waals surface area (Å²) in [6.45, 7) is 0.793. The summed E-state index contributed by atoms with van der Waals surface area (Å²) in [5.74, 6) is 0. The van der Waals surface area contributed by atoms with Gasteiger partial charge >= 0.3 is 0 Å². The molecule has 0 radical (unpaired) electrons. The minimum Gasteiger partial charge on any atom is -0.392 e. The Kier molecular flexibility index (Phi) is 3.83. The number of aliphatic hydroxyl groups excluding tert-OH is 1. The molecule has 1 saturated carbocycles. The summed E-state index contributed by atoms with van der Waals surface area (Å²) in [6, 6.07) is 0.316. The molecule has 2 atom stereocenters. The molecule has 3 N–H and O–H groups in total. The van der Waals surface area contributed by atoms with E-state index in [0.29, 0.717) is 6.04 Å². The lowest BCUT2D eigenvalue weighted by Crippen LogP contribution is -2.45. The first kappa shape index (κ1) is 8.97. The maximum atomic E-state index is 9.51. The molecule has 0 amide bonds. The quantitative estimate of drug-likeness (QED) is 0.509. The number of rotatable bonds is 3. The van der Waals surface area contributed by atoms with Crippen LogP contribution in [0, 0.1) is 0 Å². The molecule has 0 spiro atoms. The molecule has 0 saturated heterocycles. The van der Waals surface area contributed by atoms with Crippen LogP contribution in [-0.2, 0) is 0 Å². The van der Waals surface area contributed by atoms with Crippen LogP contribution in [-0.4, -0.2) is 31.0 Å². The molecule has 0 aromatic carbocycles. The summed E-state index contributed by atoms with van der Waals surface area (Å²) in [5.41, 5.74) is 0. The molecule has 1 fully saturated rings. The Bertz CT molecular complexity index is 108. The zero-order chi connectivity index (χ0) is 8.10. The van der Waals surface area contributed by atoms with Crippen LogP contribution in [0.3, 0.4) is 0 Å². The maximum absolute atomic E-state index is 9.51. The van der Waals surface area contributed by atoms with Crippen LogP contribution in [0.15, 0.2) is 0 Å². The maximum Gasteiger partial charge on any atom is 0.0693 e. The zero-order valence-corrected chi connectivity index (χ0v) is 7.14. The van der Waals surface area contributed by atoms with Crippen LogP contribution >= 0.6 is 0 Å². The van der Waals surface area contributed by atoms with Gasteiger partial charge in [-0.1, -0.05) is 12.8 Å². The monoisotopic (exact) mass is 158 g/mol. The van der Waals surface area contributed by atoms with Gasteiger partial charge in [0.05, 0.1) is 6.10 Å². The van der Waals surface area contributed by atoms with Gasteiger partial charge in [0.1, 0.15) is 0 Å². The van der Waals surface area contributed by atoms with Crippen molar-refractivity contribution in [1.82, 2.24) is 10.6 Å². The number of nitrogens with one attached hydrogen (secondary N) is 2. The predicted molar refractivity (Wildman–Crippen MR) is 45.3 cm³/mol. The minimum absolute atomic E-state index is 0.128. The van der Waals surface area contributed by atoms with Crippen LogP contribution in [0.25, 0.3) is 0 Å². The van der Waals surface area contributed by atoms with E-state index in [2.05, 4.69) is 10.6 Å². The molecule has 1 rings (SSSR count). The average molecular weight is 158 g/mol. The highest BCUT2D eigenvalue weighted by Crippen LogP contribution is 2.17. The fourth-order valence-electron chi connectivity index (χ4n) is 1.58. The standard InChI is InChI=1S/C8H18N2O/c1-9-6-10-7-4-2-3-5-8(7)11/h7-11H,2-6H2,1H3/t7?,8-/m0/s1. The first-order valence-corrected chi connectivity index (χ1v) is 4.40. The van der Waals surface area contributed by atoms with E-state index in [1.54, 1.807) is 0 Å². The molecule has 11 heavy (non-hydrogen) atoms. The molecule has 0 bridgehead atoms. The zero-order valence-electron chi connectivity index (χ0n) is 7.14. The van der Waals surface area contributed by atoms with Crippen molar-refractivity contribution >= 4 is 0 Å². The van der Waals surface area contributed by atoms with Crippen LogP contribution in [0.4, 0.5) is 0 Å². The van der Waals surface area contributed by atoms with Crippen molar-refractivity contribution in [2.24, 2.45) is 0 Å². The molecule has 1 unspecified atom stereocenters. The molecular formula is C8H18N2O. The lowest BCUT2D eigenvalue weighted by molar-refractivity contribution is 0.0904. The van der Waals surface area contributed by atoms with Gasteiger partial charge in [-0.25, -0.2) is 0 Å². The van der Waals surface area contributed by atoms with Crippen LogP contribution in [0.1, 0.15) is 25.7 Å². The molecule has 0 aromatic heterocycles. The normalized spacial score (nSPS) is 32.2. The Labute approximate surface area is 68.2 Å². The van der Waals surface area contributed by atoms with Crippen LogP contribution in [0.5, 0.6) is 0 Å². The van der Waals surface area contributed by atoms with E-state index in [0.717, 1.165) is 19.5 Å². The van der Waals surface area contributed by atoms with E-state index in [1.165, 1.54) is 12.8 Å². The van der Waals surface area contributed by atoms with Crippen LogP contribution < -0.4 is 10.6 Å². The van der Waals surface area contributed by atoms with Gasteiger partial charge in [0, 0.05) is 12.7 Å². The second kappa shape index (κ2) is 4.70. The summed E-state index contributed by atoms with van der Waals surface area (Å²) in [5, 5.41) is 15.8. The van der Waals surface area contributed by atoms with Gasteiger partial charge in [0.2, 0.25) is 0 Å². The summed E-state index contributed by atoms with van der Waals surface area (Å²) in [7, 11) is 1.90. The van der Waals surface area contributed by atoms with Crippen molar-refractivity contribution in [1.29, 1.82) is 0 Å². The topological polar surface area (TPSA) is 44.3 Å². The first-order chi connectivity index (χ1) is 5.34. The number of hydrogen-bond acceptors (Lipinski definition) is 3. The Hall–Kier alpha value is -0.120. The third-order valence-corrected chi connectivity index (χ3v) is 2.27.